The van der Waals surface area contributed by atoms with Crippen molar-refractivity contribution in [2.24, 2.45) is 5.92 Å². The average Bonchev–Trinajstić information content (AvgIpc) is 3.21. The molecule has 156 valence electrons. The largest absolute Gasteiger partial charge is 0.416 e. The highest BCUT2D eigenvalue weighted by Crippen LogP contribution is 2.30. The van der Waals surface area contributed by atoms with Crippen LogP contribution in [0.1, 0.15) is 31.2 Å². The van der Waals surface area contributed by atoms with E-state index in [9.17, 15) is 13.2 Å². The predicted octanol–water partition coefficient (Wildman–Crippen LogP) is 5.35. The number of benzene rings is 1. The number of hydrogen-bond acceptors (Lipinski definition) is 2. The lowest BCUT2D eigenvalue weighted by Gasteiger charge is -2.31. The van der Waals surface area contributed by atoms with Crippen LogP contribution in [0.4, 0.5) is 18.9 Å². The third-order valence-electron chi connectivity index (χ3n) is 4.99. The fourth-order valence-corrected chi connectivity index (χ4v) is 3.73. The molecule has 8 heteroatoms. The van der Waals surface area contributed by atoms with Gasteiger partial charge >= 0.3 is 6.18 Å². The number of nitrogens with zero attached hydrogens (tertiary/aromatic N) is 3. The van der Waals surface area contributed by atoms with Crippen molar-refractivity contribution >= 4 is 23.0 Å². The van der Waals surface area contributed by atoms with Crippen molar-refractivity contribution in [2.75, 3.05) is 18.4 Å². The van der Waals surface area contributed by atoms with Crippen LogP contribution in [0.5, 0.6) is 0 Å². The Labute approximate surface area is 174 Å². The summed E-state index contributed by atoms with van der Waals surface area (Å²) in [6.45, 7) is 2.33. The molecule has 2 aromatic rings. The van der Waals surface area contributed by atoms with Crippen molar-refractivity contribution in [3.05, 3.63) is 60.7 Å². The van der Waals surface area contributed by atoms with Gasteiger partial charge in [-0.25, -0.2) is 4.98 Å². The minimum atomic E-state index is -4.38. The van der Waals surface area contributed by atoms with Crippen LogP contribution < -0.4 is 5.32 Å². The standard InChI is InChI=1S/C21H25F3N4S/c22-21(23,24)18-8-4-9-19(14-18)26-20(29)28(15-17-6-2-1-3-7-17)12-5-11-27-13-10-25-16-27/h1-2,4,8-10,13-14,16-17H,3,5-7,11-12,15H2,(H,26,29). The first-order valence-corrected chi connectivity index (χ1v) is 10.2. The highest BCUT2D eigenvalue weighted by atomic mass is 32.1. The Kier molecular flexibility index (Phi) is 7.30. The topological polar surface area (TPSA) is 33.1 Å². The minimum absolute atomic E-state index is 0.355. The van der Waals surface area contributed by atoms with Crippen LogP contribution in [0.25, 0.3) is 0 Å². The van der Waals surface area contributed by atoms with Gasteiger partial charge in [-0.2, -0.15) is 13.2 Å². The van der Waals surface area contributed by atoms with E-state index in [1.807, 2.05) is 10.8 Å². The monoisotopic (exact) mass is 422 g/mol. The number of anilines is 1. The Morgan fingerprint density at radius 1 is 1.31 bits per heavy atom. The van der Waals surface area contributed by atoms with Crippen molar-refractivity contribution in [1.82, 2.24) is 14.5 Å². The summed E-state index contributed by atoms with van der Waals surface area (Å²) >= 11 is 5.57. The first kappa shape index (κ1) is 21.4. The minimum Gasteiger partial charge on any atom is -0.349 e. The fraction of sp³-hybridized carbons (Fsp3) is 0.429. The molecule has 3 rings (SSSR count). The van der Waals surface area contributed by atoms with E-state index >= 15 is 0 Å². The van der Waals surface area contributed by atoms with Gasteiger partial charge in [-0.3, -0.25) is 0 Å². The molecule has 0 saturated carbocycles. The van der Waals surface area contributed by atoms with Crippen LogP contribution in [0.2, 0.25) is 0 Å². The molecule has 1 aromatic heterocycles. The van der Waals surface area contributed by atoms with Gasteiger partial charge in [0.25, 0.3) is 0 Å². The van der Waals surface area contributed by atoms with Crippen molar-refractivity contribution in [2.45, 2.75) is 38.4 Å². The zero-order chi connectivity index (χ0) is 20.7. The van der Waals surface area contributed by atoms with E-state index in [0.717, 1.165) is 57.5 Å². The molecule has 0 aliphatic heterocycles. The van der Waals surface area contributed by atoms with Gasteiger partial charge in [0, 0.05) is 37.7 Å². The second kappa shape index (κ2) is 9.91. The van der Waals surface area contributed by atoms with Gasteiger partial charge in [-0.15, -0.1) is 0 Å². The summed E-state index contributed by atoms with van der Waals surface area (Å²) in [4.78, 5) is 6.12. The number of hydrogen-bond donors (Lipinski definition) is 1. The van der Waals surface area contributed by atoms with Crippen LogP contribution in [0, 0.1) is 5.92 Å². The maximum absolute atomic E-state index is 13.0. The van der Waals surface area contributed by atoms with E-state index in [-0.39, 0.29) is 0 Å². The second-order valence-electron chi connectivity index (χ2n) is 7.26. The summed E-state index contributed by atoms with van der Waals surface area (Å²) in [5.41, 5.74) is -0.331. The first-order valence-electron chi connectivity index (χ1n) is 9.76. The van der Waals surface area contributed by atoms with Gasteiger partial charge in [-0.05, 0) is 62.0 Å². The summed E-state index contributed by atoms with van der Waals surface area (Å²) in [5.74, 6) is 0.495. The molecule has 4 nitrogen and oxygen atoms in total. The zero-order valence-electron chi connectivity index (χ0n) is 16.1. The summed E-state index contributed by atoms with van der Waals surface area (Å²) < 4.78 is 41.0. The fourth-order valence-electron chi connectivity index (χ4n) is 3.45. The molecule has 0 radical (unpaired) electrons. The summed E-state index contributed by atoms with van der Waals surface area (Å²) in [5, 5.41) is 3.47. The lowest BCUT2D eigenvalue weighted by molar-refractivity contribution is -0.137. The third kappa shape index (κ3) is 6.59. The molecule has 1 atom stereocenters. The second-order valence-corrected chi connectivity index (χ2v) is 7.65. The molecule has 1 unspecified atom stereocenters. The van der Waals surface area contributed by atoms with E-state index in [4.69, 9.17) is 12.2 Å². The van der Waals surface area contributed by atoms with Crippen molar-refractivity contribution < 1.29 is 13.2 Å². The van der Waals surface area contributed by atoms with Crippen LogP contribution in [0.15, 0.2) is 55.1 Å². The quantitative estimate of drug-likeness (QED) is 0.482. The lowest BCUT2D eigenvalue weighted by Crippen LogP contribution is -2.39. The average molecular weight is 423 g/mol. The molecule has 1 heterocycles. The zero-order valence-corrected chi connectivity index (χ0v) is 16.9. The van der Waals surface area contributed by atoms with Gasteiger partial charge in [0.15, 0.2) is 5.11 Å². The molecule has 0 spiro atoms. The van der Waals surface area contributed by atoms with E-state index in [0.29, 0.717) is 16.7 Å². The number of rotatable bonds is 7. The molecule has 29 heavy (non-hydrogen) atoms. The molecule has 1 N–H and O–H groups in total. The normalized spacial score (nSPS) is 16.6. The summed E-state index contributed by atoms with van der Waals surface area (Å²) in [7, 11) is 0. The highest BCUT2D eigenvalue weighted by Gasteiger charge is 2.30. The molecular formula is C21H25F3N4S. The number of imidazole rings is 1. The Morgan fingerprint density at radius 2 is 2.17 bits per heavy atom. The molecule has 1 aliphatic carbocycles. The number of aromatic nitrogens is 2. The van der Waals surface area contributed by atoms with E-state index in [1.54, 1.807) is 18.6 Å². The lowest BCUT2D eigenvalue weighted by atomic mass is 9.94. The number of nitrogens with one attached hydrogen (secondary N) is 1. The molecule has 0 saturated heterocycles. The van der Waals surface area contributed by atoms with Gasteiger partial charge in [0.2, 0.25) is 0 Å². The van der Waals surface area contributed by atoms with Crippen LogP contribution in [-0.2, 0) is 12.7 Å². The Morgan fingerprint density at radius 3 is 2.86 bits per heavy atom. The Hall–Kier alpha value is -2.35. The summed E-state index contributed by atoms with van der Waals surface area (Å²) in [6, 6.07) is 5.16. The van der Waals surface area contributed by atoms with Crippen molar-refractivity contribution in [3.63, 3.8) is 0 Å². The number of aryl methyl sites for hydroxylation is 1. The Balaban J connectivity index is 1.64. The molecule has 1 aromatic carbocycles. The van der Waals surface area contributed by atoms with E-state index < -0.39 is 11.7 Å². The van der Waals surface area contributed by atoms with Crippen molar-refractivity contribution in [3.8, 4) is 0 Å². The van der Waals surface area contributed by atoms with E-state index in [2.05, 4.69) is 27.4 Å². The first-order chi connectivity index (χ1) is 13.9. The van der Waals surface area contributed by atoms with Gasteiger partial charge in [-0.1, -0.05) is 18.2 Å². The SMILES string of the molecule is FC(F)(F)c1cccc(NC(=S)N(CCCn2ccnc2)CC2CC=CCC2)c1. The van der Waals surface area contributed by atoms with Crippen molar-refractivity contribution in [1.29, 1.82) is 0 Å². The smallest absolute Gasteiger partial charge is 0.349 e. The predicted molar refractivity (Wildman–Crippen MR) is 113 cm³/mol. The molecule has 0 bridgehead atoms. The molecule has 0 fully saturated rings. The van der Waals surface area contributed by atoms with Crippen LogP contribution in [-0.4, -0.2) is 32.7 Å². The summed E-state index contributed by atoms with van der Waals surface area (Å²) in [6.07, 6.45) is 9.46. The maximum Gasteiger partial charge on any atom is 0.416 e. The number of halogens is 3. The molecule has 1 aliphatic rings. The maximum atomic E-state index is 13.0. The highest BCUT2D eigenvalue weighted by molar-refractivity contribution is 7.80. The number of alkyl halides is 3. The van der Waals surface area contributed by atoms with E-state index in [1.165, 1.54) is 6.07 Å². The van der Waals surface area contributed by atoms with Gasteiger partial charge in [0.1, 0.15) is 0 Å². The molecular weight excluding hydrogens is 397 g/mol. The number of thiocarbonyl (C=S) groups is 1. The van der Waals surface area contributed by atoms with Gasteiger partial charge in [0.05, 0.1) is 11.9 Å². The third-order valence-corrected chi connectivity index (χ3v) is 5.35. The van der Waals surface area contributed by atoms with Gasteiger partial charge < -0.3 is 14.8 Å². The Bertz CT molecular complexity index is 818. The number of allylic oxidation sites excluding steroid dienone is 2. The molecule has 0 amide bonds. The van der Waals surface area contributed by atoms with Crippen LogP contribution in [0.3, 0.4) is 0 Å². The van der Waals surface area contributed by atoms with Crippen LogP contribution >= 0.6 is 12.2 Å².